The van der Waals surface area contributed by atoms with Crippen molar-refractivity contribution >= 4 is 25.8 Å². The Bertz CT molecular complexity index is 874. The van der Waals surface area contributed by atoms with Crippen LogP contribution in [0.3, 0.4) is 0 Å². The van der Waals surface area contributed by atoms with Crippen LogP contribution >= 0.6 is 0 Å². The SMILES string of the molecule is CN(C(=O)c1cccc(S(=O)(=O)N2CCCC2)c1)C1CCS(=O)(=O)C1. The van der Waals surface area contributed by atoms with E-state index in [1.54, 1.807) is 19.2 Å². The largest absolute Gasteiger partial charge is 0.338 e. The summed E-state index contributed by atoms with van der Waals surface area (Å²) in [4.78, 5) is 14.2. The molecule has 0 bridgehead atoms. The number of benzene rings is 1. The standard InChI is InChI=1S/C16H22N2O5S2/c1-17(14-7-10-24(20,21)12-14)16(19)13-5-4-6-15(11-13)25(22,23)18-8-2-3-9-18/h4-6,11,14H,2-3,7-10,12H2,1H3. The molecule has 25 heavy (non-hydrogen) atoms. The van der Waals surface area contributed by atoms with Gasteiger partial charge in [-0.15, -0.1) is 0 Å². The van der Waals surface area contributed by atoms with Crippen LogP contribution in [-0.4, -0.2) is 69.6 Å². The van der Waals surface area contributed by atoms with E-state index in [0.29, 0.717) is 19.5 Å². The van der Waals surface area contributed by atoms with Crippen molar-refractivity contribution in [3.63, 3.8) is 0 Å². The Balaban J connectivity index is 1.82. The molecule has 1 unspecified atom stereocenters. The zero-order valence-electron chi connectivity index (χ0n) is 14.1. The van der Waals surface area contributed by atoms with Gasteiger partial charge in [0.05, 0.1) is 16.4 Å². The third-order valence-electron chi connectivity index (χ3n) is 4.86. The van der Waals surface area contributed by atoms with Crippen molar-refractivity contribution in [2.45, 2.75) is 30.2 Å². The van der Waals surface area contributed by atoms with Crippen molar-refractivity contribution in [1.82, 2.24) is 9.21 Å². The van der Waals surface area contributed by atoms with Crippen LogP contribution in [0, 0.1) is 0 Å². The summed E-state index contributed by atoms with van der Waals surface area (Å²) in [5.41, 5.74) is 0.257. The average molecular weight is 386 g/mol. The van der Waals surface area contributed by atoms with Gasteiger partial charge in [-0.2, -0.15) is 4.31 Å². The Kier molecular flexibility index (Phi) is 4.91. The number of nitrogens with zero attached hydrogens (tertiary/aromatic N) is 2. The molecule has 2 heterocycles. The van der Waals surface area contributed by atoms with Crippen LogP contribution in [0.4, 0.5) is 0 Å². The molecule has 9 heteroatoms. The van der Waals surface area contributed by atoms with Crippen LogP contribution in [-0.2, 0) is 19.9 Å². The first-order chi connectivity index (χ1) is 11.7. The average Bonchev–Trinajstić information content (AvgIpc) is 3.23. The van der Waals surface area contributed by atoms with E-state index in [-0.39, 0.29) is 33.9 Å². The molecule has 3 rings (SSSR count). The van der Waals surface area contributed by atoms with Gasteiger partial charge in [-0.25, -0.2) is 16.8 Å². The molecule has 138 valence electrons. The number of rotatable bonds is 4. The minimum atomic E-state index is -3.59. The molecule has 1 aromatic carbocycles. The summed E-state index contributed by atoms with van der Waals surface area (Å²) in [5.74, 6) is -0.319. The number of hydrogen-bond acceptors (Lipinski definition) is 5. The number of sulfonamides is 1. The third-order valence-corrected chi connectivity index (χ3v) is 8.51. The molecule has 7 nitrogen and oxygen atoms in total. The van der Waals surface area contributed by atoms with Crippen molar-refractivity contribution in [3.05, 3.63) is 29.8 Å². The molecule has 2 fully saturated rings. The van der Waals surface area contributed by atoms with Gasteiger partial charge >= 0.3 is 0 Å². The molecule has 0 N–H and O–H groups in total. The van der Waals surface area contributed by atoms with E-state index in [9.17, 15) is 21.6 Å². The third kappa shape index (κ3) is 3.73. The summed E-state index contributed by atoms with van der Waals surface area (Å²) < 4.78 is 49.9. The number of amides is 1. The molecule has 2 aliphatic rings. The summed E-state index contributed by atoms with van der Waals surface area (Å²) in [5, 5.41) is 0. The van der Waals surface area contributed by atoms with Gasteiger partial charge in [0.1, 0.15) is 0 Å². The smallest absolute Gasteiger partial charge is 0.253 e. The first-order valence-corrected chi connectivity index (χ1v) is 11.5. The van der Waals surface area contributed by atoms with Crippen molar-refractivity contribution in [2.75, 3.05) is 31.6 Å². The zero-order valence-corrected chi connectivity index (χ0v) is 15.7. The fraction of sp³-hybridized carbons (Fsp3) is 0.562. The molecule has 0 spiro atoms. The topological polar surface area (TPSA) is 91.8 Å². The van der Waals surface area contributed by atoms with Crippen LogP contribution in [0.15, 0.2) is 29.2 Å². The van der Waals surface area contributed by atoms with Crippen LogP contribution in [0.5, 0.6) is 0 Å². The Morgan fingerprint density at radius 2 is 1.92 bits per heavy atom. The summed E-state index contributed by atoms with van der Waals surface area (Å²) >= 11 is 0. The van der Waals surface area contributed by atoms with Crippen molar-refractivity contribution in [3.8, 4) is 0 Å². The Labute approximate surface area is 148 Å². The van der Waals surface area contributed by atoms with E-state index < -0.39 is 19.9 Å². The number of hydrogen-bond donors (Lipinski definition) is 0. The van der Waals surface area contributed by atoms with Crippen LogP contribution in [0.1, 0.15) is 29.6 Å². The predicted octanol–water partition coefficient (Wildman–Crippen LogP) is 0.730. The van der Waals surface area contributed by atoms with Crippen molar-refractivity contribution in [2.24, 2.45) is 0 Å². The Morgan fingerprint density at radius 1 is 1.24 bits per heavy atom. The van der Waals surface area contributed by atoms with E-state index in [1.807, 2.05) is 0 Å². The van der Waals surface area contributed by atoms with E-state index >= 15 is 0 Å². The lowest BCUT2D eigenvalue weighted by atomic mass is 10.1. The molecular weight excluding hydrogens is 364 g/mol. The number of carbonyl (C=O) groups excluding carboxylic acids is 1. The normalized spacial score (nSPS) is 23.6. The van der Waals surface area contributed by atoms with Gasteiger partial charge in [0.15, 0.2) is 9.84 Å². The van der Waals surface area contributed by atoms with E-state index in [0.717, 1.165) is 12.8 Å². The first kappa shape index (κ1) is 18.3. The van der Waals surface area contributed by atoms with E-state index in [4.69, 9.17) is 0 Å². The number of carbonyl (C=O) groups is 1. The summed E-state index contributed by atoms with van der Waals surface area (Å²) in [6.07, 6.45) is 2.10. The van der Waals surface area contributed by atoms with E-state index in [2.05, 4.69) is 0 Å². The molecular formula is C16H22N2O5S2. The molecule has 1 aromatic rings. The van der Waals surface area contributed by atoms with Crippen molar-refractivity contribution in [1.29, 1.82) is 0 Å². The fourth-order valence-corrected chi connectivity index (χ4v) is 6.66. The molecule has 1 atom stereocenters. The molecule has 0 saturated carbocycles. The van der Waals surface area contributed by atoms with Gasteiger partial charge in [-0.1, -0.05) is 6.07 Å². The van der Waals surface area contributed by atoms with Gasteiger partial charge in [0, 0.05) is 31.7 Å². The molecule has 0 radical (unpaired) electrons. The molecule has 2 aliphatic heterocycles. The maximum Gasteiger partial charge on any atom is 0.253 e. The maximum absolute atomic E-state index is 12.7. The van der Waals surface area contributed by atoms with Crippen LogP contribution in [0.2, 0.25) is 0 Å². The highest BCUT2D eigenvalue weighted by Gasteiger charge is 2.33. The monoisotopic (exact) mass is 386 g/mol. The lowest BCUT2D eigenvalue weighted by molar-refractivity contribution is 0.0747. The molecule has 1 amide bonds. The highest BCUT2D eigenvalue weighted by Crippen LogP contribution is 2.23. The first-order valence-electron chi connectivity index (χ1n) is 8.28. The van der Waals surface area contributed by atoms with Gasteiger partial charge < -0.3 is 4.90 Å². The second-order valence-electron chi connectivity index (χ2n) is 6.61. The molecule has 0 aromatic heterocycles. The summed E-state index contributed by atoms with van der Waals surface area (Å²) in [6, 6.07) is 5.62. The summed E-state index contributed by atoms with van der Waals surface area (Å²) in [6.45, 7) is 1.00. The van der Waals surface area contributed by atoms with E-state index in [1.165, 1.54) is 21.3 Å². The highest BCUT2D eigenvalue weighted by molar-refractivity contribution is 7.91. The molecule has 2 saturated heterocycles. The van der Waals surface area contributed by atoms with Crippen LogP contribution in [0.25, 0.3) is 0 Å². The lowest BCUT2D eigenvalue weighted by Gasteiger charge is -2.24. The second-order valence-corrected chi connectivity index (χ2v) is 10.8. The van der Waals surface area contributed by atoms with Crippen LogP contribution < -0.4 is 0 Å². The quantitative estimate of drug-likeness (QED) is 0.761. The lowest BCUT2D eigenvalue weighted by Crippen LogP contribution is -2.38. The molecule has 0 aliphatic carbocycles. The second kappa shape index (κ2) is 6.69. The van der Waals surface area contributed by atoms with Crippen molar-refractivity contribution < 1.29 is 21.6 Å². The summed E-state index contributed by atoms with van der Waals surface area (Å²) in [7, 11) is -5.12. The minimum Gasteiger partial charge on any atom is -0.338 e. The van der Waals surface area contributed by atoms with Gasteiger partial charge in [-0.05, 0) is 37.5 Å². The highest BCUT2D eigenvalue weighted by atomic mass is 32.2. The predicted molar refractivity (Wildman–Crippen MR) is 93.6 cm³/mol. The van der Waals surface area contributed by atoms with Gasteiger partial charge in [0.25, 0.3) is 5.91 Å². The fourth-order valence-electron chi connectivity index (χ4n) is 3.32. The Hall–Kier alpha value is -1.45. The van der Waals surface area contributed by atoms with Gasteiger partial charge in [0.2, 0.25) is 10.0 Å². The van der Waals surface area contributed by atoms with Gasteiger partial charge in [-0.3, -0.25) is 4.79 Å². The Morgan fingerprint density at radius 3 is 2.52 bits per heavy atom. The zero-order chi connectivity index (χ0) is 18.2. The maximum atomic E-state index is 12.7. The number of sulfone groups is 1. The minimum absolute atomic E-state index is 0.0407.